The van der Waals surface area contributed by atoms with Crippen molar-refractivity contribution in [1.82, 2.24) is 10.0 Å². The van der Waals surface area contributed by atoms with Gasteiger partial charge in [-0.1, -0.05) is 32.6 Å². The first-order valence-corrected chi connectivity index (χ1v) is 9.88. The third-order valence-corrected chi connectivity index (χ3v) is 5.09. The van der Waals surface area contributed by atoms with Gasteiger partial charge in [-0.15, -0.1) is 0 Å². The van der Waals surface area contributed by atoms with Crippen molar-refractivity contribution in [2.24, 2.45) is 0 Å². The largest absolute Gasteiger partial charge is 0.497 e. The Morgan fingerprint density at radius 2 is 1.71 bits per heavy atom. The quantitative estimate of drug-likeness (QED) is 0.564. The molecular formula is C17H28N2O4S. The lowest BCUT2D eigenvalue weighted by molar-refractivity contribution is -0.120. The van der Waals surface area contributed by atoms with Gasteiger partial charge in [0.1, 0.15) is 5.75 Å². The second-order valence-corrected chi connectivity index (χ2v) is 7.35. The highest BCUT2D eigenvalue weighted by molar-refractivity contribution is 7.89. The number of benzene rings is 1. The number of hydrogen-bond donors (Lipinski definition) is 2. The average molecular weight is 356 g/mol. The summed E-state index contributed by atoms with van der Waals surface area (Å²) in [7, 11) is -2.08. The fourth-order valence-electron chi connectivity index (χ4n) is 2.18. The van der Waals surface area contributed by atoms with Gasteiger partial charge >= 0.3 is 0 Å². The van der Waals surface area contributed by atoms with Crippen LogP contribution in [-0.2, 0) is 14.8 Å². The molecule has 0 saturated heterocycles. The highest BCUT2D eigenvalue weighted by atomic mass is 32.2. The van der Waals surface area contributed by atoms with Crippen molar-refractivity contribution >= 4 is 15.9 Å². The maximum atomic E-state index is 12.1. The SMILES string of the molecule is CCCCCCCNC(=O)CCNS(=O)(=O)c1ccc(OC)cc1. The molecule has 0 saturated carbocycles. The molecule has 1 aromatic rings. The highest BCUT2D eigenvalue weighted by Crippen LogP contribution is 2.15. The molecule has 136 valence electrons. The molecule has 0 bridgehead atoms. The fraction of sp³-hybridized carbons (Fsp3) is 0.588. The van der Waals surface area contributed by atoms with Gasteiger partial charge in [0.15, 0.2) is 0 Å². The predicted octanol–water partition coefficient (Wildman–Crippen LogP) is 2.45. The van der Waals surface area contributed by atoms with Crippen molar-refractivity contribution in [1.29, 1.82) is 0 Å². The molecule has 0 aromatic heterocycles. The van der Waals surface area contributed by atoms with E-state index in [-0.39, 0.29) is 23.8 Å². The standard InChI is InChI=1S/C17H28N2O4S/c1-3-4-5-6-7-13-18-17(20)12-14-19-24(21,22)16-10-8-15(23-2)9-11-16/h8-11,19H,3-7,12-14H2,1-2H3,(H,18,20). The van der Waals surface area contributed by atoms with E-state index in [1.54, 1.807) is 12.1 Å². The molecule has 7 heteroatoms. The normalized spacial score (nSPS) is 11.2. The summed E-state index contributed by atoms with van der Waals surface area (Å²) in [4.78, 5) is 11.8. The van der Waals surface area contributed by atoms with Crippen LogP contribution in [-0.4, -0.2) is 34.5 Å². The summed E-state index contributed by atoms with van der Waals surface area (Å²) in [5.41, 5.74) is 0. The lowest BCUT2D eigenvalue weighted by Crippen LogP contribution is -2.31. The van der Waals surface area contributed by atoms with Gasteiger partial charge in [0.2, 0.25) is 15.9 Å². The zero-order chi connectivity index (χ0) is 17.8. The molecule has 0 heterocycles. The van der Waals surface area contributed by atoms with Crippen LogP contribution >= 0.6 is 0 Å². The Hall–Kier alpha value is -1.60. The van der Waals surface area contributed by atoms with Crippen molar-refractivity contribution in [3.8, 4) is 5.75 Å². The predicted molar refractivity (Wildman–Crippen MR) is 94.6 cm³/mol. The molecule has 6 nitrogen and oxygen atoms in total. The van der Waals surface area contributed by atoms with E-state index in [9.17, 15) is 13.2 Å². The Kier molecular flexibility index (Phi) is 9.41. The summed E-state index contributed by atoms with van der Waals surface area (Å²) >= 11 is 0. The van der Waals surface area contributed by atoms with Crippen molar-refractivity contribution in [3.05, 3.63) is 24.3 Å². The molecule has 1 rings (SSSR count). The van der Waals surface area contributed by atoms with Crippen LogP contribution in [0, 0.1) is 0 Å². The molecule has 0 aliphatic carbocycles. The van der Waals surface area contributed by atoms with E-state index in [1.807, 2.05) is 0 Å². The monoisotopic (exact) mass is 356 g/mol. The number of sulfonamides is 1. The first-order chi connectivity index (χ1) is 11.5. The summed E-state index contributed by atoms with van der Waals surface area (Å²) in [5.74, 6) is 0.454. The number of methoxy groups -OCH3 is 1. The third-order valence-electron chi connectivity index (χ3n) is 3.62. The summed E-state index contributed by atoms with van der Waals surface area (Å²) in [6, 6.07) is 6.11. The second kappa shape index (κ2) is 11.0. The number of hydrogen-bond acceptors (Lipinski definition) is 4. The Bertz CT molecular complexity index is 585. The van der Waals surface area contributed by atoms with Gasteiger partial charge in [0, 0.05) is 19.5 Å². The van der Waals surface area contributed by atoms with Gasteiger partial charge in [-0.05, 0) is 30.7 Å². The molecule has 0 aliphatic heterocycles. The van der Waals surface area contributed by atoms with E-state index in [2.05, 4.69) is 17.0 Å². The van der Waals surface area contributed by atoms with Crippen LogP contribution in [0.2, 0.25) is 0 Å². The number of carbonyl (C=O) groups is 1. The lowest BCUT2D eigenvalue weighted by atomic mass is 10.1. The lowest BCUT2D eigenvalue weighted by Gasteiger charge is -2.08. The Morgan fingerprint density at radius 3 is 2.33 bits per heavy atom. The van der Waals surface area contributed by atoms with Crippen LogP contribution in [0.3, 0.4) is 0 Å². The number of rotatable bonds is 12. The maximum Gasteiger partial charge on any atom is 0.240 e. The van der Waals surface area contributed by atoms with E-state index < -0.39 is 10.0 Å². The Labute approximate surface area is 145 Å². The van der Waals surface area contributed by atoms with Gasteiger partial charge in [-0.25, -0.2) is 13.1 Å². The molecule has 0 atom stereocenters. The minimum Gasteiger partial charge on any atom is -0.497 e. The van der Waals surface area contributed by atoms with E-state index in [0.29, 0.717) is 12.3 Å². The Balaban J connectivity index is 2.26. The minimum absolute atomic E-state index is 0.0794. The van der Waals surface area contributed by atoms with Crippen molar-refractivity contribution < 1.29 is 17.9 Å². The number of amides is 1. The molecule has 0 radical (unpaired) electrons. The maximum absolute atomic E-state index is 12.1. The van der Waals surface area contributed by atoms with Gasteiger partial charge in [0.25, 0.3) is 0 Å². The zero-order valence-corrected chi connectivity index (χ0v) is 15.3. The number of unbranched alkanes of at least 4 members (excludes halogenated alkanes) is 4. The molecule has 0 unspecified atom stereocenters. The van der Waals surface area contributed by atoms with E-state index in [4.69, 9.17) is 4.74 Å². The molecule has 0 fully saturated rings. The van der Waals surface area contributed by atoms with Crippen molar-refractivity contribution in [2.75, 3.05) is 20.2 Å². The van der Waals surface area contributed by atoms with Gasteiger partial charge in [-0.3, -0.25) is 4.79 Å². The molecule has 1 aromatic carbocycles. The molecule has 0 aliphatic rings. The number of ether oxygens (including phenoxy) is 1. The third kappa shape index (κ3) is 7.79. The number of nitrogens with one attached hydrogen (secondary N) is 2. The zero-order valence-electron chi connectivity index (χ0n) is 14.5. The molecular weight excluding hydrogens is 328 g/mol. The average Bonchev–Trinajstić information content (AvgIpc) is 2.58. The van der Waals surface area contributed by atoms with Crippen LogP contribution < -0.4 is 14.8 Å². The smallest absolute Gasteiger partial charge is 0.240 e. The summed E-state index contributed by atoms with van der Waals surface area (Å²) < 4.78 is 31.6. The van der Waals surface area contributed by atoms with Crippen LogP contribution in [0.25, 0.3) is 0 Å². The topological polar surface area (TPSA) is 84.5 Å². The summed E-state index contributed by atoms with van der Waals surface area (Å²) in [5, 5.41) is 2.81. The van der Waals surface area contributed by atoms with Crippen LogP contribution in [0.5, 0.6) is 5.75 Å². The Morgan fingerprint density at radius 1 is 1.04 bits per heavy atom. The van der Waals surface area contributed by atoms with Crippen LogP contribution in [0.15, 0.2) is 29.2 Å². The van der Waals surface area contributed by atoms with Crippen molar-refractivity contribution in [3.63, 3.8) is 0 Å². The van der Waals surface area contributed by atoms with Crippen LogP contribution in [0.4, 0.5) is 0 Å². The summed E-state index contributed by atoms with van der Waals surface area (Å²) in [6.07, 6.45) is 5.81. The van der Waals surface area contributed by atoms with Gasteiger partial charge < -0.3 is 10.1 Å². The molecule has 1 amide bonds. The van der Waals surface area contributed by atoms with Gasteiger partial charge in [0.05, 0.1) is 12.0 Å². The first kappa shape index (κ1) is 20.4. The van der Waals surface area contributed by atoms with E-state index >= 15 is 0 Å². The molecule has 2 N–H and O–H groups in total. The van der Waals surface area contributed by atoms with E-state index in [0.717, 1.165) is 12.8 Å². The molecule has 24 heavy (non-hydrogen) atoms. The number of carbonyl (C=O) groups excluding carboxylic acids is 1. The second-order valence-electron chi connectivity index (χ2n) is 5.59. The van der Waals surface area contributed by atoms with Crippen LogP contribution in [0.1, 0.15) is 45.4 Å². The summed E-state index contributed by atoms with van der Waals surface area (Å²) in [6.45, 7) is 2.89. The van der Waals surface area contributed by atoms with Gasteiger partial charge in [-0.2, -0.15) is 0 Å². The highest BCUT2D eigenvalue weighted by Gasteiger charge is 2.14. The first-order valence-electron chi connectivity index (χ1n) is 8.40. The van der Waals surface area contributed by atoms with Crippen molar-refractivity contribution in [2.45, 2.75) is 50.3 Å². The van der Waals surface area contributed by atoms with E-state index in [1.165, 1.54) is 38.5 Å². The minimum atomic E-state index is -3.60. The molecule has 0 spiro atoms. The fourth-order valence-corrected chi connectivity index (χ4v) is 3.21.